The molecular formula is C20H19F4N3O. The second kappa shape index (κ2) is 7.07. The number of hydrogen-bond donors (Lipinski definition) is 1. The normalized spacial score (nSPS) is 24.3. The van der Waals surface area contributed by atoms with Crippen LogP contribution in [0.15, 0.2) is 42.5 Å². The highest BCUT2D eigenvalue weighted by Crippen LogP contribution is 2.44. The number of anilines is 2. The molecule has 28 heavy (non-hydrogen) atoms. The van der Waals surface area contributed by atoms with Crippen molar-refractivity contribution in [2.24, 2.45) is 17.8 Å². The molecule has 3 unspecified atom stereocenters. The highest BCUT2D eigenvalue weighted by atomic mass is 19.4. The van der Waals surface area contributed by atoms with Gasteiger partial charge in [0.2, 0.25) is 5.91 Å². The van der Waals surface area contributed by atoms with E-state index in [2.05, 4.69) is 10.3 Å². The molecule has 2 aromatic rings. The second-order valence-corrected chi connectivity index (χ2v) is 7.39. The number of hydrogen-bond acceptors (Lipinski definition) is 3. The molecule has 2 fully saturated rings. The molecule has 0 spiro atoms. The molecule has 148 valence electrons. The van der Waals surface area contributed by atoms with Crippen molar-refractivity contribution < 1.29 is 22.4 Å². The summed E-state index contributed by atoms with van der Waals surface area (Å²) in [5.41, 5.74) is -0.509. The number of amides is 1. The van der Waals surface area contributed by atoms with Crippen LogP contribution in [0.5, 0.6) is 0 Å². The van der Waals surface area contributed by atoms with Crippen LogP contribution in [0, 0.1) is 23.6 Å². The number of carbonyl (C=O) groups is 1. The average Bonchev–Trinajstić information content (AvgIpc) is 3.21. The summed E-state index contributed by atoms with van der Waals surface area (Å²) in [6, 6.07) is 9.59. The van der Waals surface area contributed by atoms with Gasteiger partial charge < -0.3 is 10.2 Å². The number of halogens is 4. The summed E-state index contributed by atoms with van der Waals surface area (Å²) in [6.45, 7) is 1.07. The fraction of sp³-hybridized carbons (Fsp3) is 0.400. The molecule has 1 N–H and O–H groups in total. The molecule has 2 aliphatic rings. The highest BCUT2D eigenvalue weighted by molar-refractivity contribution is 5.93. The van der Waals surface area contributed by atoms with Gasteiger partial charge in [0, 0.05) is 24.7 Å². The van der Waals surface area contributed by atoms with Crippen LogP contribution < -0.4 is 10.2 Å². The highest BCUT2D eigenvalue weighted by Gasteiger charge is 2.46. The van der Waals surface area contributed by atoms with Crippen molar-refractivity contribution in [2.45, 2.75) is 19.0 Å². The summed E-state index contributed by atoms with van der Waals surface area (Å²) < 4.78 is 52.1. The second-order valence-electron chi connectivity index (χ2n) is 7.39. The van der Waals surface area contributed by atoms with E-state index >= 15 is 0 Å². The van der Waals surface area contributed by atoms with Crippen LogP contribution in [-0.2, 0) is 11.0 Å². The van der Waals surface area contributed by atoms with E-state index < -0.39 is 17.7 Å². The molecule has 4 nitrogen and oxygen atoms in total. The molecule has 1 saturated carbocycles. The Morgan fingerprint density at radius 3 is 2.64 bits per heavy atom. The maximum absolute atomic E-state index is 13.3. The first-order valence-electron chi connectivity index (χ1n) is 9.17. The summed E-state index contributed by atoms with van der Waals surface area (Å²) in [5, 5.41) is 2.76. The monoisotopic (exact) mass is 393 g/mol. The van der Waals surface area contributed by atoms with Crippen LogP contribution in [0.2, 0.25) is 0 Å². The SMILES string of the molecule is O=C(Nc1cccc(F)c1)C1CCC2CN(c3cccc(C(F)(F)F)n3)CC21. The van der Waals surface area contributed by atoms with E-state index in [1.165, 1.54) is 24.3 Å². The smallest absolute Gasteiger partial charge is 0.356 e. The summed E-state index contributed by atoms with van der Waals surface area (Å²) in [6.07, 6.45) is -2.93. The molecule has 3 atom stereocenters. The van der Waals surface area contributed by atoms with E-state index in [-0.39, 0.29) is 29.5 Å². The Kier molecular flexibility index (Phi) is 4.72. The van der Waals surface area contributed by atoms with Gasteiger partial charge in [-0.2, -0.15) is 13.2 Å². The van der Waals surface area contributed by atoms with E-state index in [4.69, 9.17) is 0 Å². The lowest BCUT2D eigenvalue weighted by Gasteiger charge is -2.22. The number of carbonyl (C=O) groups excluding carboxylic acids is 1. The number of aromatic nitrogens is 1. The fourth-order valence-corrected chi connectivity index (χ4v) is 4.34. The van der Waals surface area contributed by atoms with E-state index in [1.807, 2.05) is 4.90 Å². The Labute approximate surface area is 159 Å². The van der Waals surface area contributed by atoms with Crippen LogP contribution in [-0.4, -0.2) is 24.0 Å². The maximum atomic E-state index is 13.3. The number of rotatable bonds is 3. The van der Waals surface area contributed by atoms with Gasteiger partial charge >= 0.3 is 6.18 Å². The predicted octanol–water partition coefficient (Wildman–Crippen LogP) is 4.34. The molecule has 1 aliphatic heterocycles. The summed E-state index contributed by atoms with van der Waals surface area (Å²) in [5.74, 6) is -0.274. The lowest BCUT2D eigenvalue weighted by atomic mass is 9.91. The summed E-state index contributed by atoms with van der Waals surface area (Å²) in [7, 11) is 0. The minimum Gasteiger partial charge on any atom is -0.356 e. The van der Waals surface area contributed by atoms with Crippen molar-refractivity contribution in [1.29, 1.82) is 0 Å². The lowest BCUT2D eigenvalue weighted by molar-refractivity contribution is -0.141. The van der Waals surface area contributed by atoms with Crippen molar-refractivity contribution in [3.8, 4) is 0 Å². The lowest BCUT2D eigenvalue weighted by Crippen LogP contribution is -2.30. The van der Waals surface area contributed by atoms with Crippen molar-refractivity contribution in [3.63, 3.8) is 0 Å². The van der Waals surface area contributed by atoms with Gasteiger partial charge in [-0.1, -0.05) is 12.1 Å². The Bertz CT molecular complexity index is 886. The number of nitrogens with zero attached hydrogens (tertiary/aromatic N) is 2. The molecule has 1 saturated heterocycles. The van der Waals surface area contributed by atoms with E-state index in [0.29, 0.717) is 18.8 Å². The first kappa shape index (κ1) is 18.7. The van der Waals surface area contributed by atoms with Gasteiger partial charge in [0.05, 0.1) is 0 Å². The number of alkyl halides is 3. The van der Waals surface area contributed by atoms with Crippen molar-refractivity contribution >= 4 is 17.4 Å². The zero-order valence-corrected chi connectivity index (χ0v) is 14.9. The maximum Gasteiger partial charge on any atom is 0.433 e. The third kappa shape index (κ3) is 3.68. The number of pyridine rings is 1. The minimum atomic E-state index is -4.49. The summed E-state index contributed by atoms with van der Waals surface area (Å²) in [4.78, 5) is 18.3. The zero-order valence-electron chi connectivity index (χ0n) is 14.9. The molecule has 1 aromatic carbocycles. The third-order valence-corrected chi connectivity index (χ3v) is 5.63. The number of fused-ring (bicyclic) bond motifs is 1. The van der Waals surface area contributed by atoms with E-state index in [0.717, 1.165) is 18.9 Å². The van der Waals surface area contributed by atoms with Gasteiger partial charge in [-0.05, 0) is 55.0 Å². The van der Waals surface area contributed by atoms with Crippen molar-refractivity contribution in [1.82, 2.24) is 4.98 Å². The van der Waals surface area contributed by atoms with Gasteiger partial charge in [-0.15, -0.1) is 0 Å². The summed E-state index contributed by atoms with van der Waals surface area (Å²) >= 11 is 0. The first-order valence-corrected chi connectivity index (χ1v) is 9.17. The van der Waals surface area contributed by atoms with Crippen molar-refractivity contribution in [3.05, 3.63) is 54.0 Å². The van der Waals surface area contributed by atoms with Gasteiger partial charge in [0.25, 0.3) is 0 Å². The van der Waals surface area contributed by atoms with Crippen molar-refractivity contribution in [2.75, 3.05) is 23.3 Å². The zero-order chi connectivity index (χ0) is 19.9. The standard InChI is InChI=1S/C20H19F4N3O/c21-13-3-1-4-14(9-13)25-19(28)15-8-7-12-10-27(11-16(12)15)18-6-2-5-17(26-18)20(22,23)24/h1-6,9,12,15-16H,7-8,10-11H2,(H,25,28). The van der Waals surface area contributed by atoms with Crippen LogP contribution in [0.4, 0.5) is 29.1 Å². The quantitative estimate of drug-likeness (QED) is 0.789. The first-order chi connectivity index (χ1) is 13.3. The number of nitrogens with one attached hydrogen (secondary N) is 1. The van der Waals surface area contributed by atoms with E-state index in [1.54, 1.807) is 12.1 Å². The number of benzene rings is 1. The Balaban J connectivity index is 1.46. The third-order valence-electron chi connectivity index (χ3n) is 5.63. The van der Waals surface area contributed by atoms with Crippen LogP contribution in [0.1, 0.15) is 18.5 Å². The largest absolute Gasteiger partial charge is 0.433 e. The Morgan fingerprint density at radius 2 is 1.89 bits per heavy atom. The molecule has 1 aliphatic carbocycles. The predicted molar refractivity (Wildman–Crippen MR) is 96.2 cm³/mol. The molecule has 0 radical (unpaired) electrons. The Morgan fingerprint density at radius 1 is 1.11 bits per heavy atom. The Hall–Kier alpha value is -2.64. The molecule has 0 bridgehead atoms. The molecule has 4 rings (SSSR count). The minimum absolute atomic E-state index is 0.0462. The molecule has 1 aromatic heterocycles. The average molecular weight is 393 g/mol. The van der Waals surface area contributed by atoms with E-state index in [9.17, 15) is 22.4 Å². The molecule has 1 amide bonds. The van der Waals surface area contributed by atoms with Crippen LogP contribution >= 0.6 is 0 Å². The van der Waals surface area contributed by atoms with Crippen LogP contribution in [0.25, 0.3) is 0 Å². The topological polar surface area (TPSA) is 45.2 Å². The fourth-order valence-electron chi connectivity index (χ4n) is 4.34. The molecule has 2 heterocycles. The molecular weight excluding hydrogens is 374 g/mol. The van der Waals surface area contributed by atoms with Gasteiger partial charge in [0.15, 0.2) is 0 Å². The van der Waals surface area contributed by atoms with Gasteiger partial charge in [-0.25, -0.2) is 9.37 Å². The van der Waals surface area contributed by atoms with Crippen LogP contribution in [0.3, 0.4) is 0 Å². The molecule has 8 heteroatoms. The van der Waals surface area contributed by atoms with Gasteiger partial charge in [0.1, 0.15) is 17.3 Å². The van der Waals surface area contributed by atoms with Gasteiger partial charge in [-0.3, -0.25) is 4.79 Å².